The fourth-order valence-electron chi connectivity index (χ4n) is 3.70. The second-order valence-corrected chi connectivity index (χ2v) is 8.14. The topological polar surface area (TPSA) is 110 Å². The zero-order valence-electron chi connectivity index (χ0n) is 17.3. The van der Waals surface area contributed by atoms with Crippen molar-refractivity contribution in [1.82, 2.24) is 0 Å². The molecule has 0 aromatic heterocycles. The van der Waals surface area contributed by atoms with Gasteiger partial charge in [0.15, 0.2) is 0 Å². The minimum atomic E-state index is -0.983. The highest BCUT2D eigenvalue weighted by molar-refractivity contribution is 9.10. The van der Waals surface area contributed by atoms with Crippen LogP contribution >= 0.6 is 15.9 Å². The van der Waals surface area contributed by atoms with Gasteiger partial charge in [0.2, 0.25) is 0 Å². The summed E-state index contributed by atoms with van der Waals surface area (Å²) in [6, 6.07) is 17.7. The lowest BCUT2D eigenvalue weighted by atomic mass is 9.95. The molecule has 0 spiro atoms. The number of Topliss-reactive ketones (excluding diaryl/α,β-unsaturated/α-hetero) is 1. The summed E-state index contributed by atoms with van der Waals surface area (Å²) in [5, 5.41) is 22.1. The molecular formula is C24H17BrN2O6. The first-order valence-electron chi connectivity index (χ1n) is 9.77. The molecule has 1 aliphatic heterocycles. The van der Waals surface area contributed by atoms with E-state index in [1.807, 2.05) is 0 Å². The van der Waals surface area contributed by atoms with Gasteiger partial charge in [0.25, 0.3) is 17.4 Å². The number of hydrogen-bond acceptors (Lipinski definition) is 6. The third-order valence-corrected chi connectivity index (χ3v) is 5.86. The Morgan fingerprint density at radius 1 is 1.00 bits per heavy atom. The molecule has 1 amide bonds. The highest BCUT2D eigenvalue weighted by Gasteiger charge is 2.47. The Morgan fingerprint density at radius 3 is 2.15 bits per heavy atom. The fraction of sp³-hybridized carbons (Fsp3) is 0.0833. The second kappa shape index (κ2) is 8.87. The maximum Gasteiger partial charge on any atom is 0.300 e. The molecule has 33 heavy (non-hydrogen) atoms. The molecule has 4 rings (SSSR count). The van der Waals surface area contributed by atoms with Crippen LogP contribution in [0.3, 0.4) is 0 Å². The number of aliphatic hydroxyl groups is 1. The predicted molar refractivity (Wildman–Crippen MR) is 125 cm³/mol. The Balaban J connectivity index is 1.91. The van der Waals surface area contributed by atoms with E-state index < -0.39 is 22.7 Å². The summed E-state index contributed by atoms with van der Waals surface area (Å²) in [6.45, 7) is 0. The average molecular weight is 509 g/mol. The molecule has 3 aromatic carbocycles. The molecule has 1 heterocycles. The predicted octanol–water partition coefficient (Wildman–Crippen LogP) is 4.99. The number of nitro benzene ring substituents is 1. The first-order valence-corrected chi connectivity index (χ1v) is 10.6. The van der Waals surface area contributed by atoms with Crippen molar-refractivity contribution in [3.63, 3.8) is 0 Å². The molecule has 1 atom stereocenters. The van der Waals surface area contributed by atoms with Gasteiger partial charge in [-0.1, -0.05) is 28.1 Å². The van der Waals surface area contributed by atoms with Crippen LogP contribution in [-0.2, 0) is 9.59 Å². The van der Waals surface area contributed by atoms with Crippen LogP contribution in [0.15, 0.2) is 82.8 Å². The van der Waals surface area contributed by atoms with Crippen molar-refractivity contribution in [3.05, 3.63) is 104 Å². The first kappa shape index (κ1) is 22.2. The van der Waals surface area contributed by atoms with E-state index in [0.29, 0.717) is 22.6 Å². The summed E-state index contributed by atoms with van der Waals surface area (Å²) < 4.78 is 5.95. The number of ether oxygens (including phenoxy) is 1. The highest BCUT2D eigenvalue weighted by atomic mass is 79.9. The molecule has 166 valence electrons. The molecule has 1 N–H and O–H groups in total. The van der Waals surface area contributed by atoms with E-state index in [9.17, 15) is 24.8 Å². The van der Waals surface area contributed by atoms with Gasteiger partial charge in [-0.2, -0.15) is 0 Å². The SMILES string of the molecule is COc1ccc(N2C(=O)C(=O)C(=C(O)c3ccc(Br)cc3)C2c2ccc([N+](=O)[O-])cc2)cc1. The minimum absolute atomic E-state index is 0.105. The number of aliphatic hydroxyl groups excluding tert-OH is 1. The van der Waals surface area contributed by atoms with Crippen LogP contribution in [0.4, 0.5) is 11.4 Å². The normalized spacial score (nSPS) is 17.3. The van der Waals surface area contributed by atoms with Gasteiger partial charge in [-0.15, -0.1) is 0 Å². The van der Waals surface area contributed by atoms with Crippen molar-refractivity contribution in [2.75, 3.05) is 12.0 Å². The van der Waals surface area contributed by atoms with Crippen molar-refractivity contribution in [3.8, 4) is 5.75 Å². The average Bonchev–Trinajstić information content (AvgIpc) is 3.09. The van der Waals surface area contributed by atoms with E-state index in [2.05, 4.69) is 15.9 Å². The van der Waals surface area contributed by atoms with Gasteiger partial charge in [-0.3, -0.25) is 24.6 Å². The molecule has 9 heteroatoms. The quantitative estimate of drug-likeness (QED) is 0.171. The molecule has 1 saturated heterocycles. The summed E-state index contributed by atoms with van der Waals surface area (Å²) in [4.78, 5) is 38.0. The summed E-state index contributed by atoms with van der Waals surface area (Å²) in [6.07, 6.45) is 0. The number of hydrogen-bond donors (Lipinski definition) is 1. The molecule has 0 saturated carbocycles. The van der Waals surface area contributed by atoms with Crippen molar-refractivity contribution < 1.29 is 24.4 Å². The first-order chi connectivity index (χ1) is 15.8. The van der Waals surface area contributed by atoms with Crippen LogP contribution in [-0.4, -0.2) is 28.8 Å². The number of non-ortho nitro benzene ring substituents is 1. The number of carbonyl (C=O) groups is 2. The summed E-state index contributed by atoms with van der Waals surface area (Å²) >= 11 is 3.33. The van der Waals surface area contributed by atoms with E-state index in [0.717, 1.165) is 4.47 Å². The Labute approximate surface area is 197 Å². The largest absolute Gasteiger partial charge is 0.507 e. The van der Waals surface area contributed by atoms with Crippen LogP contribution in [0.2, 0.25) is 0 Å². The second-order valence-electron chi connectivity index (χ2n) is 7.22. The van der Waals surface area contributed by atoms with E-state index in [4.69, 9.17) is 4.74 Å². The van der Waals surface area contributed by atoms with Gasteiger partial charge in [0.1, 0.15) is 11.5 Å². The Morgan fingerprint density at radius 2 is 1.61 bits per heavy atom. The molecule has 0 bridgehead atoms. The summed E-state index contributed by atoms with van der Waals surface area (Å²) in [5.41, 5.74) is 0.975. The Kier molecular flexibility index (Phi) is 5.97. The number of halogens is 1. The van der Waals surface area contributed by atoms with Crippen LogP contribution in [0.5, 0.6) is 5.75 Å². The van der Waals surface area contributed by atoms with Crippen LogP contribution in [0, 0.1) is 10.1 Å². The van der Waals surface area contributed by atoms with Crippen molar-refractivity contribution in [1.29, 1.82) is 0 Å². The lowest BCUT2D eigenvalue weighted by Crippen LogP contribution is -2.29. The molecular weight excluding hydrogens is 492 g/mol. The smallest absolute Gasteiger partial charge is 0.300 e. The standard InChI is InChI=1S/C24H17BrN2O6/c1-33-19-12-10-17(11-13-19)26-21(14-4-8-18(9-5-14)27(31)32)20(23(29)24(26)30)22(28)15-2-6-16(25)7-3-15/h2-13,21,28H,1H3. The minimum Gasteiger partial charge on any atom is -0.507 e. The molecule has 1 unspecified atom stereocenters. The Bertz CT molecular complexity index is 1270. The third-order valence-electron chi connectivity index (χ3n) is 5.33. The number of amides is 1. The van der Waals surface area contributed by atoms with Crippen molar-refractivity contribution >= 4 is 44.8 Å². The number of ketones is 1. The molecule has 1 fully saturated rings. The maximum atomic E-state index is 13.1. The molecule has 3 aromatic rings. The number of nitro groups is 1. The van der Waals surface area contributed by atoms with Crippen molar-refractivity contribution in [2.24, 2.45) is 0 Å². The van der Waals surface area contributed by atoms with Gasteiger partial charge in [0, 0.05) is 27.9 Å². The lowest BCUT2D eigenvalue weighted by Gasteiger charge is -2.25. The number of carbonyl (C=O) groups excluding carboxylic acids is 2. The third kappa shape index (κ3) is 4.10. The van der Waals surface area contributed by atoms with Gasteiger partial charge in [-0.05, 0) is 54.1 Å². The molecule has 1 aliphatic rings. The summed E-state index contributed by atoms with van der Waals surface area (Å²) in [7, 11) is 1.51. The molecule has 0 aliphatic carbocycles. The summed E-state index contributed by atoms with van der Waals surface area (Å²) in [5.74, 6) is -1.44. The monoisotopic (exact) mass is 508 g/mol. The lowest BCUT2D eigenvalue weighted by molar-refractivity contribution is -0.384. The molecule has 8 nitrogen and oxygen atoms in total. The van der Waals surface area contributed by atoms with Gasteiger partial charge >= 0.3 is 0 Å². The number of anilines is 1. The van der Waals surface area contributed by atoms with E-state index in [1.165, 1.54) is 36.3 Å². The van der Waals surface area contributed by atoms with Crippen LogP contribution in [0.1, 0.15) is 17.2 Å². The highest BCUT2D eigenvalue weighted by Crippen LogP contribution is 2.42. The van der Waals surface area contributed by atoms with Gasteiger partial charge < -0.3 is 9.84 Å². The zero-order chi connectivity index (χ0) is 23.7. The zero-order valence-corrected chi connectivity index (χ0v) is 18.9. The Hall–Kier alpha value is -3.98. The fourth-order valence-corrected chi connectivity index (χ4v) is 3.96. The van der Waals surface area contributed by atoms with Gasteiger partial charge in [-0.25, -0.2) is 0 Å². The number of rotatable bonds is 5. The van der Waals surface area contributed by atoms with Crippen molar-refractivity contribution in [2.45, 2.75) is 6.04 Å². The maximum absolute atomic E-state index is 13.1. The number of nitrogens with zero attached hydrogens (tertiary/aromatic N) is 2. The van der Waals surface area contributed by atoms with Crippen LogP contribution < -0.4 is 9.64 Å². The van der Waals surface area contributed by atoms with Crippen LogP contribution in [0.25, 0.3) is 5.76 Å². The van der Waals surface area contributed by atoms with E-state index in [1.54, 1.807) is 48.5 Å². The molecule has 0 radical (unpaired) electrons. The number of methoxy groups -OCH3 is 1. The number of benzene rings is 3. The van der Waals surface area contributed by atoms with Gasteiger partial charge in [0.05, 0.1) is 23.6 Å². The van der Waals surface area contributed by atoms with E-state index in [-0.39, 0.29) is 17.0 Å². The van der Waals surface area contributed by atoms with E-state index >= 15 is 0 Å².